The average molecular weight is 231 g/mol. The van der Waals surface area contributed by atoms with Crippen molar-refractivity contribution in [1.82, 2.24) is 35.0 Å². The first-order valence-corrected chi connectivity index (χ1v) is 4.58. The number of aromatic carboxylic acids is 1. The topological polar surface area (TPSA) is 111 Å². The van der Waals surface area contributed by atoms with E-state index in [-0.39, 0.29) is 5.56 Å². The number of carbonyl (C=O) groups is 1. The van der Waals surface area contributed by atoms with Crippen LogP contribution in [0.1, 0.15) is 10.4 Å². The van der Waals surface area contributed by atoms with Crippen LogP contribution in [-0.2, 0) is 0 Å². The molecule has 1 N–H and O–H groups in total. The Morgan fingerprint density at radius 2 is 2.24 bits per heavy atom. The molecule has 0 aliphatic rings. The van der Waals surface area contributed by atoms with Gasteiger partial charge in [0.2, 0.25) is 0 Å². The third-order valence-electron chi connectivity index (χ3n) is 2.12. The van der Waals surface area contributed by atoms with Gasteiger partial charge in [0, 0.05) is 6.20 Å². The highest BCUT2D eigenvalue weighted by Crippen LogP contribution is 2.05. The number of hydrogen-bond acceptors (Lipinski definition) is 6. The van der Waals surface area contributed by atoms with E-state index >= 15 is 0 Å². The van der Waals surface area contributed by atoms with Gasteiger partial charge in [0.25, 0.3) is 0 Å². The molecule has 0 bridgehead atoms. The van der Waals surface area contributed by atoms with Crippen LogP contribution in [0.4, 0.5) is 0 Å². The highest BCUT2D eigenvalue weighted by molar-refractivity contribution is 5.86. The summed E-state index contributed by atoms with van der Waals surface area (Å²) in [7, 11) is 0. The summed E-state index contributed by atoms with van der Waals surface area (Å²) < 4.78 is 2.57. The van der Waals surface area contributed by atoms with Crippen LogP contribution in [0.5, 0.6) is 0 Å². The van der Waals surface area contributed by atoms with Crippen LogP contribution in [-0.4, -0.2) is 46.1 Å². The molecule has 0 radical (unpaired) electrons. The quantitative estimate of drug-likeness (QED) is 0.626. The van der Waals surface area contributed by atoms with E-state index in [1.54, 1.807) is 12.1 Å². The molecule has 3 heterocycles. The molecule has 3 aromatic heterocycles. The second-order valence-electron chi connectivity index (χ2n) is 3.20. The number of carboxylic acid groups (broad SMARTS) is 1. The van der Waals surface area contributed by atoms with Gasteiger partial charge in [-0.1, -0.05) is 0 Å². The van der Waals surface area contributed by atoms with Crippen molar-refractivity contribution < 1.29 is 9.90 Å². The van der Waals surface area contributed by atoms with Gasteiger partial charge in [-0.05, 0) is 22.6 Å². The fourth-order valence-corrected chi connectivity index (χ4v) is 1.32. The zero-order valence-corrected chi connectivity index (χ0v) is 8.30. The molecule has 84 valence electrons. The first-order chi connectivity index (χ1) is 8.24. The van der Waals surface area contributed by atoms with Gasteiger partial charge in [-0.15, -0.1) is 14.8 Å². The van der Waals surface area contributed by atoms with Crippen molar-refractivity contribution in [3.63, 3.8) is 0 Å². The molecule has 0 atom stereocenters. The minimum atomic E-state index is -1.04. The molecule has 9 heteroatoms. The van der Waals surface area contributed by atoms with Crippen molar-refractivity contribution in [1.29, 1.82) is 0 Å². The number of rotatable bonds is 2. The number of aromatic nitrogens is 7. The molecule has 0 saturated heterocycles. The Labute approximate surface area is 93.3 Å². The largest absolute Gasteiger partial charge is 0.478 e. The van der Waals surface area contributed by atoms with E-state index < -0.39 is 5.97 Å². The van der Waals surface area contributed by atoms with Gasteiger partial charge >= 0.3 is 5.97 Å². The predicted molar refractivity (Wildman–Crippen MR) is 52.7 cm³/mol. The van der Waals surface area contributed by atoms with Crippen LogP contribution in [0.25, 0.3) is 11.5 Å². The van der Waals surface area contributed by atoms with E-state index in [9.17, 15) is 4.79 Å². The number of hydrogen-bond donors (Lipinski definition) is 1. The minimum Gasteiger partial charge on any atom is -0.478 e. The summed E-state index contributed by atoms with van der Waals surface area (Å²) in [4.78, 5) is 10.7. The molecule has 0 aliphatic heterocycles. The molecular formula is C8H5N7O2. The normalized spacial score (nSPS) is 10.8. The van der Waals surface area contributed by atoms with Crippen LogP contribution < -0.4 is 0 Å². The summed E-state index contributed by atoms with van der Waals surface area (Å²) in [5.74, 6) is -0.614. The van der Waals surface area contributed by atoms with Crippen molar-refractivity contribution >= 4 is 11.6 Å². The average Bonchev–Trinajstić information content (AvgIpc) is 2.97. The second-order valence-corrected chi connectivity index (χ2v) is 3.20. The van der Waals surface area contributed by atoms with E-state index in [2.05, 4.69) is 25.7 Å². The molecule has 17 heavy (non-hydrogen) atoms. The third kappa shape index (κ3) is 1.49. The van der Waals surface area contributed by atoms with Gasteiger partial charge in [-0.2, -0.15) is 5.10 Å². The van der Waals surface area contributed by atoms with E-state index in [1.165, 1.54) is 21.7 Å². The lowest BCUT2D eigenvalue weighted by atomic mass is 10.4. The Balaban J connectivity index is 2.09. The molecule has 0 saturated carbocycles. The SMILES string of the molecule is O=C(O)c1cnn(-c2ccc3nnnn3n2)c1. The monoisotopic (exact) mass is 231 g/mol. The van der Waals surface area contributed by atoms with Gasteiger partial charge in [-0.3, -0.25) is 0 Å². The van der Waals surface area contributed by atoms with Crippen LogP contribution in [0.2, 0.25) is 0 Å². The molecule has 3 aromatic rings. The Hall–Kier alpha value is -2.84. The smallest absolute Gasteiger partial charge is 0.338 e. The summed E-state index contributed by atoms with van der Waals surface area (Å²) in [5.41, 5.74) is 0.586. The lowest BCUT2D eigenvalue weighted by Crippen LogP contribution is -2.03. The van der Waals surface area contributed by atoms with Gasteiger partial charge in [-0.25, -0.2) is 9.48 Å². The van der Waals surface area contributed by atoms with E-state index in [1.807, 2.05) is 0 Å². The maximum atomic E-state index is 10.7. The van der Waals surface area contributed by atoms with E-state index in [0.29, 0.717) is 11.5 Å². The summed E-state index contributed by atoms with van der Waals surface area (Å²) >= 11 is 0. The molecule has 9 nitrogen and oxygen atoms in total. The van der Waals surface area contributed by atoms with Gasteiger partial charge in [0.15, 0.2) is 11.5 Å². The molecule has 0 aliphatic carbocycles. The predicted octanol–water partition coefficient (Wildman–Crippen LogP) is -0.597. The number of carboxylic acids is 1. The zero-order valence-electron chi connectivity index (χ0n) is 8.30. The Morgan fingerprint density at radius 1 is 1.35 bits per heavy atom. The first-order valence-electron chi connectivity index (χ1n) is 4.58. The van der Waals surface area contributed by atoms with Crippen molar-refractivity contribution in [2.45, 2.75) is 0 Å². The summed E-state index contributed by atoms with van der Waals surface area (Å²) in [6.45, 7) is 0. The van der Waals surface area contributed by atoms with Crippen molar-refractivity contribution in [3.05, 3.63) is 30.1 Å². The molecule has 3 rings (SSSR count). The molecule has 0 aromatic carbocycles. The first kappa shape index (κ1) is 9.39. The summed E-state index contributed by atoms with van der Waals surface area (Å²) in [5, 5.41) is 27.5. The standard InChI is InChI=1S/C8H5N7O2/c16-8(17)5-3-9-14(4-5)7-2-1-6-10-12-13-15(6)11-7/h1-4H,(H,16,17). The number of nitrogens with zero attached hydrogens (tertiary/aromatic N) is 7. The van der Waals surface area contributed by atoms with Crippen molar-refractivity contribution in [2.24, 2.45) is 0 Å². The lowest BCUT2D eigenvalue weighted by Gasteiger charge is -1.98. The lowest BCUT2D eigenvalue weighted by molar-refractivity contribution is 0.0697. The van der Waals surface area contributed by atoms with Crippen LogP contribution in [0.15, 0.2) is 24.5 Å². The Morgan fingerprint density at radius 3 is 3.00 bits per heavy atom. The van der Waals surface area contributed by atoms with Gasteiger partial charge in [0.05, 0.1) is 11.8 Å². The van der Waals surface area contributed by atoms with Crippen LogP contribution in [0.3, 0.4) is 0 Å². The van der Waals surface area contributed by atoms with Gasteiger partial charge in [0.1, 0.15) is 0 Å². The fourth-order valence-electron chi connectivity index (χ4n) is 1.32. The fraction of sp³-hybridized carbons (Fsp3) is 0. The molecule has 0 unspecified atom stereocenters. The van der Waals surface area contributed by atoms with Crippen LogP contribution in [0, 0.1) is 0 Å². The molecule has 0 fully saturated rings. The number of fused-ring (bicyclic) bond motifs is 1. The van der Waals surface area contributed by atoms with E-state index in [4.69, 9.17) is 5.11 Å². The third-order valence-corrected chi connectivity index (χ3v) is 2.12. The molecular weight excluding hydrogens is 226 g/mol. The maximum absolute atomic E-state index is 10.7. The van der Waals surface area contributed by atoms with Crippen molar-refractivity contribution in [2.75, 3.05) is 0 Å². The van der Waals surface area contributed by atoms with Gasteiger partial charge < -0.3 is 5.11 Å². The highest BCUT2D eigenvalue weighted by Gasteiger charge is 2.08. The Kier molecular flexibility index (Phi) is 1.84. The minimum absolute atomic E-state index is 0.0867. The Bertz CT molecular complexity index is 701. The highest BCUT2D eigenvalue weighted by atomic mass is 16.4. The summed E-state index contributed by atoms with van der Waals surface area (Å²) in [6, 6.07) is 3.30. The second kappa shape index (κ2) is 3.33. The molecule has 0 spiro atoms. The van der Waals surface area contributed by atoms with Crippen molar-refractivity contribution in [3.8, 4) is 5.82 Å². The van der Waals surface area contributed by atoms with E-state index in [0.717, 1.165) is 0 Å². The van der Waals surface area contributed by atoms with Crippen LogP contribution >= 0.6 is 0 Å². The summed E-state index contributed by atoms with van der Waals surface area (Å²) in [6.07, 6.45) is 2.61. The zero-order chi connectivity index (χ0) is 11.8. The molecule has 0 amide bonds. The maximum Gasteiger partial charge on any atom is 0.338 e. The number of tetrazole rings is 1.